The number of carbonyl (C=O) groups excluding carboxylic acids is 1. The van der Waals surface area contributed by atoms with Gasteiger partial charge in [0.1, 0.15) is 5.82 Å². The zero-order valence-corrected chi connectivity index (χ0v) is 15.1. The highest BCUT2D eigenvalue weighted by Crippen LogP contribution is 2.40. The summed E-state index contributed by atoms with van der Waals surface area (Å²) < 4.78 is 1.83. The Morgan fingerprint density at radius 3 is 2.73 bits per heavy atom. The van der Waals surface area contributed by atoms with E-state index in [9.17, 15) is 9.90 Å². The Balaban J connectivity index is 1.49. The molecule has 2 fully saturated rings. The van der Waals surface area contributed by atoms with E-state index in [-0.39, 0.29) is 18.1 Å². The summed E-state index contributed by atoms with van der Waals surface area (Å²) in [6.45, 7) is 3.16. The van der Waals surface area contributed by atoms with Crippen LogP contribution >= 0.6 is 0 Å². The van der Waals surface area contributed by atoms with E-state index >= 15 is 0 Å². The first kappa shape index (κ1) is 17.2. The fraction of sp³-hybridized carbons (Fsp3) is 0.500. The van der Waals surface area contributed by atoms with E-state index in [0.29, 0.717) is 12.5 Å². The average Bonchev–Trinajstić information content (AvgIpc) is 3.39. The molecule has 6 heteroatoms. The van der Waals surface area contributed by atoms with Crippen LogP contribution in [0.25, 0.3) is 5.69 Å². The highest BCUT2D eigenvalue weighted by molar-refractivity contribution is 5.91. The molecule has 1 amide bonds. The quantitative estimate of drug-likeness (QED) is 0.866. The zero-order valence-electron chi connectivity index (χ0n) is 15.1. The molecule has 26 heavy (non-hydrogen) atoms. The van der Waals surface area contributed by atoms with Gasteiger partial charge in [0.2, 0.25) is 5.91 Å². The molecule has 1 aliphatic heterocycles. The normalized spacial score (nSPS) is 23.8. The third-order valence-electron chi connectivity index (χ3n) is 5.32. The molecule has 138 valence electrons. The number of hydrogen-bond acceptors (Lipinski definition) is 4. The summed E-state index contributed by atoms with van der Waals surface area (Å²) in [5, 5.41) is 17.5. The van der Waals surface area contributed by atoms with Gasteiger partial charge in [-0.05, 0) is 44.7 Å². The van der Waals surface area contributed by atoms with Gasteiger partial charge in [0.15, 0.2) is 0 Å². The second-order valence-electron chi connectivity index (χ2n) is 7.52. The van der Waals surface area contributed by atoms with Crippen LogP contribution in [0.2, 0.25) is 0 Å². The lowest BCUT2D eigenvalue weighted by molar-refractivity contribution is -0.118. The predicted octanol–water partition coefficient (Wildman–Crippen LogP) is 2.53. The van der Waals surface area contributed by atoms with Crippen LogP contribution in [0.1, 0.15) is 44.2 Å². The molecule has 1 aromatic carbocycles. The minimum absolute atomic E-state index is 0.0346. The summed E-state index contributed by atoms with van der Waals surface area (Å²) >= 11 is 0. The molecule has 1 saturated carbocycles. The molecule has 2 aromatic rings. The fourth-order valence-corrected chi connectivity index (χ4v) is 3.63. The number of carbonyl (C=O) groups is 1. The first-order valence-electron chi connectivity index (χ1n) is 9.47. The van der Waals surface area contributed by atoms with E-state index in [1.165, 1.54) is 12.8 Å². The number of amides is 1. The van der Waals surface area contributed by atoms with Crippen LogP contribution < -0.4 is 5.32 Å². The fourth-order valence-electron chi connectivity index (χ4n) is 3.63. The van der Waals surface area contributed by atoms with Gasteiger partial charge in [-0.1, -0.05) is 18.2 Å². The number of nitrogens with one attached hydrogen (secondary N) is 1. The number of likely N-dealkylation sites (tertiary alicyclic amines) is 1. The maximum atomic E-state index is 12.6. The Labute approximate surface area is 153 Å². The topological polar surface area (TPSA) is 70.4 Å². The lowest BCUT2D eigenvalue weighted by Gasteiger charge is -2.35. The summed E-state index contributed by atoms with van der Waals surface area (Å²) in [7, 11) is 0. The second-order valence-corrected chi connectivity index (χ2v) is 7.52. The van der Waals surface area contributed by atoms with Crippen molar-refractivity contribution in [1.29, 1.82) is 0 Å². The Kier molecular flexibility index (Phi) is 4.78. The number of piperidine rings is 1. The van der Waals surface area contributed by atoms with Crippen LogP contribution in [0.4, 0.5) is 5.82 Å². The molecule has 2 unspecified atom stereocenters. The van der Waals surface area contributed by atoms with Gasteiger partial charge in [-0.2, -0.15) is 5.10 Å². The number of rotatable bonds is 5. The molecule has 2 atom stereocenters. The van der Waals surface area contributed by atoms with Crippen LogP contribution in [-0.4, -0.2) is 50.9 Å². The van der Waals surface area contributed by atoms with Gasteiger partial charge in [-0.3, -0.25) is 9.69 Å². The molecule has 4 rings (SSSR count). The van der Waals surface area contributed by atoms with E-state index in [2.05, 4.69) is 17.1 Å². The Morgan fingerprint density at radius 2 is 2.04 bits per heavy atom. The van der Waals surface area contributed by atoms with E-state index < -0.39 is 0 Å². The van der Waals surface area contributed by atoms with E-state index in [0.717, 1.165) is 36.6 Å². The highest BCUT2D eigenvalue weighted by atomic mass is 16.3. The summed E-state index contributed by atoms with van der Waals surface area (Å²) in [5.74, 6) is 1.22. The summed E-state index contributed by atoms with van der Waals surface area (Å²) in [6, 6.07) is 12.1. The van der Waals surface area contributed by atoms with Gasteiger partial charge < -0.3 is 10.4 Å². The maximum Gasteiger partial charge on any atom is 0.239 e. The summed E-state index contributed by atoms with van der Waals surface area (Å²) in [5.41, 5.74) is 2.00. The standard InChI is InChI=1S/C20H26N4O2/c1-14-11-17(25)9-10-23(14)13-20(26)21-19-12-18(15-7-8-15)22-24(19)16-5-3-2-4-6-16/h2-6,12,14-15,17,25H,7-11,13H2,1H3,(H,21,26). The molecule has 1 aromatic heterocycles. The molecule has 2 heterocycles. The summed E-state index contributed by atoms with van der Waals surface area (Å²) in [6.07, 6.45) is 3.55. The molecule has 6 nitrogen and oxygen atoms in total. The van der Waals surface area contributed by atoms with Crippen molar-refractivity contribution in [2.24, 2.45) is 0 Å². The van der Waals surface area contributed by atoms with E-state index in [1.54, 1.807) is 0 Å². The van der Waals surface area contributed by atoms with Crippen molar-refractivity contribution < 1.29 is 9.90 Å². The van der Waals surface area contributed by atoms with Crippen molar-refractivity contribution in [3.63, 3.8) is 0 Å². The SMILES string of the molecule is CC1CC(O)CCN1CC(=O)Nc1cc(C2CC2)nn1-c1ccccc1. The molecule has 1 saturated heterocycles. The monoisotopic (exact) mass is 354 g/mol. The van der Waals surface area contributed by atoms with Crippen LogP contribution in [0.15, 0.2) is 36.4 Å². The van der Waals surface area contributed by atoms with Crippen molar-refractivity contribution >= 4 is 11.7 Å². The molecular formula is C20H26N4O2. The van der Waals surface area contributed by atoms with Gasteiger partial charge in [0.25, 0.3) is 0 Å². The number of para-hydroxylation sites is 1. The van der Waals surface area contributed by atoms with E-state index in [1.807, 2.05) is 41.1 Å². The van der Waals surface area contributed by atoms with Crippen LogP contribution in [0, 0.1) is 0 Å². The lowest BCUT2D eigenvalue weighted by atomic mass is 10.0. The van der Waals surface area contributed by atoms with Crippen LogP contribution in [0.3, 0.4) is 0 Å². The summed E-state index contributed by atoms with van der Waals surface area (Å²) in [4.78, 5) is 14.8. The number of aromatic nitrogens is 2. The third kappa shape index (κ3) is 3.81. The highest BCUT2D eigenvalue weighted by Gasteiger charge is 2.29. The number of aliphatic hydroxyl groups is 1. The van der Waals surface area contributed by atoms with Crippen molar-refractivity contribution in [3.05, 3.63) is 42.1 Å². The molecule has 0 spiro atoms. The number of aliphatic hydroxyl groups excluding tert-OH is 1. The molecule has 0 bridgehead atoms. The lowest BCUT2D eigenvalue weighted by Crippen LogP contribution is -2.46. The van der Waals surface area contributed by atoms with Crippen molar-refractivity contribution in [1.82, 2.24) is 14.7 Å². The zero-order chi connectivity index (χ0) is 18.1. The first-order valence-corrected chi connectivity index (χ1v) is 9.47. The second kappa shape index (κ2) is 7.21. The van der Waals surface area contributed by atoms with Crippen LogP contribution in [-0.2, 0) is 4.79 Å². The molecule has 0 radical (unpaired) electrons. The Morgan fingerprint density at radius 1 is 1.27 bits per heavy atom. The molecular weight excluding hydrogens is 328 g/mol. The third-order valence-corrected chi connectivity index (χ3v) is 5.32. The largest absolute Gasteiger partial charge is 0.393 e. The Bertz CT molecular complexity index is 769. The minimum atomic E-state index is -0.245. The minimum Gasteiger partial charge on any atom is -0.393 e. The number of nitrogens with zero attached hydrogens (tertiary/aromatic N) is 3. The van der Waals surface area contributed by atoms with Gasteiger partial charge in [-0.15, -0.1) is 0 Å². The van der Waals surface area contributed by atoms with Gasteiger partial charge in [-0.25, -0.2) is 4.68 Å². The number of anilines is 1. The first-order chi connectivity index (χ1) is 12.6. The predicted molar refractivity (Wildman–Crippen MR) is 100 cm³/mol. The van der Waals surface area contributed by atoms with E-state index in [4.69, 9.17) is 5.10 Å². The van der Waals surface area contributed by atoms with Crippen molar-refractivity contribution in [3.8, 4) is 5.69 Å². The van der Waals surface area contributed by atoms with Crippen LogP contribution in [0.5, 0.6) is 0 Å². The van der Waals surface area contributed by atoms with Gasteiger partial charge in [0.05, 0.1) is 24.0 Å². The molecule has 2 N–H and O–H groups in total. The van der Waals surface area contributed by atoms with Gasteiger partial charge in [0, 0.05) is 24.6 Å². The number of benzene rings is 1. The van der Waals surface area contributed by atoms with Gasteiger partial charge >= 0.3 is 0 Å². The molecule has 1 aliphatic carbocycles. The number of hydrogen-bond donors (Lipinski definition) is 2. The average molecular weight is 354 g/mol. The smallest absolute Gasteiger partial charge is 0.239 e. The maximum absolute atomic E-state index is 12.6. The molecule has 2 aliphatic rings. The Hall–Kier alpha value is -2.18. The van der Waals surface area contributed by atoms with Crippen molar-refractivity contribution in [2.45, 2.75) is 50.7 Å². The van der Waals surface area contributed by atoms with Crippen molar-refractivity contribution in [2.75, 3.05) is 18.4 Å².